The zero-order chi connectivity index (χ0) is 26.5. The van der Waals surface area contributed by atoms with Gasteiger partial charge in [0.2, 0.25) is 5.91 Å². The molecular weight excluding hydrogens is 504 g/mol. The van der Waals surface area contributed by atoms with Crippen LogP contribution >= 0.6 is 11.6 Å². The molecule has 0 aromatic heterocycles. The summed E-state index contributed by atoms with van der Waals surface area (Å²) in [6, 6.07) is 14.9. The van der Waals surface area contributed by atoms with E-state index < -0.39 is 0 Å². The smallest absolute Gasteiger partial charge is 0.262 e. The van der Waals surface area contributed by atoms with Crippen LogP contribution in [0.1, 0.15) is 42.9 Å². The topological polar surface area (TPSA) is 74.7 Å². The van der Waals surface area contributed by atoms with Crippen molar-refractivity contribution in [1.29, 1.82) is 0 Å². The first-order chi connectivity index (χ1) is 18.5. The molecule has 1 saturated heterocycles. The number of hydrazone groups is 1. The van der Waals surface area contributed by atoms with Crippen LogP contribution in [-0.2, 0) is 14.3 Å². The van der Waals surface area contributed by atoms with Gasteiger partial charge in [0, 0.05) is 49.1 Å². The Hall–Kier alpha value is -2.94. The summed E-state index contributed by atoms with van der Waals surface area (Å²) in [6.07, 6.45) is 3.37. The van der Waals surface area contributed by atoms with Crippen LogP contribution in [0.15, 0.2) is 53.6 Å². The number of benzene rings is 2. The summed E-state index contributed by atoms with van der Waals surface area (Å²) in [6.45, 7) is 4.31. The molecule has 1 atom stereocenters. The molecule has 0 bridgehead atoms. The number of rotatable bonds is 9. The van der Waals surface area contributed by atoms with Crippen LogP contribution in [-0.4, -0.2) is 85.4 Å². The van der Waals surface area contributed by atoms with Crippen LogP contribution in [0, 0.1) is 5.92 Å². The van der Waals surface area contributed by atoms with Gasteiger partial charge in [-0.15, -0.1) is 0 Å². The van der Waals surface area contributed by atoms with Gasteiger partial charge in [-0.1, -0.05) is 48.4 Å². The molecule has 1 saturated carbocycles. The summed E-state index contributed by atoms with van der Waals surface area (Å²) in [4.78, 5) is 31.2. The van der Waals surface area contributed by atoms with E-state index in [4.69, 9.17) is 26.2 Å². The van der Waals surface area contributed by atoms with Crippen molar-refractivity contribution in [3.63, 3.8) is 0 Å². The summed E-state index contributed by atoms with van der Waals surface area (Å²) in [7, 11) is 1.63. The number of carbonyl (C=O) groups excluding carboxylic acids is 2. The predicted molar refractivity (Wildman–Crippen MR) is 146 cm³/mol. The molecule has 0 unspecified atom stereocenters. The molecule has 1 aliphatic carbocycles. The number of carbonyl (C=O) groups is 2. The number of hydrogen-bond donors (Lipinski definition) is 0. The summed E-state index contributed by atoms with van der Waals surface area (Å²) >= 11 is 6.59. The highest BCUT2D eigenvalue weighted by atomic mass is 35.5. The second kappa shape index (κ2) is 12.3. The Bertz CT molecular complexity index is 1180. The summed E-state index contributed by atoms with van der Waals surface area (Å²) in [5.74, 6) is 0.608. The standard InChI is InChI=1S/C29H35ClN4O4/c1-37-23-9-5-8-22(18-23)26-19-27(24-10-2-3-11-25(24)30)34(31-26)28(35)20-33(29(36)21-6-4-7-21)13-12-32-14-16-38-17-15-32/h2-3,5,8-11,18,21,27H,4,6-7,12-17,19-20H2,1H3/t27-/m1/s1. The molecule has 2 amide bonds. The van der Waals surface area contributed by atoms with E-state index in [-0.39, 0.29) is 30.3 Å². The fraction of sp³-hybridized carbons (Fsp3) is 0.483. The molecule has 202 valence electrons. The lowest BCUT2D eigenvalue weighted by Crippen LogP contribution is -2.49. The highest BCUT2D eigenvalue weighted by Gasteiger charge is 2.37. The van der Waals surface area contributed by atoms with E-state index in [1.807, 2.05) is 48.5 Å². The molecule has 0 radical (unpaired) electrons. The van der Waals surface area contributed by atoms with E-state index in [1.54, 1.807) is 12.0 Å². The van der Waals surface area contributed by atoms with Crippen molar-refractivity contribution in [2.24, 2.45) is 11.0 Å². The molecule has 2 fully saturated rings. The number of nitrogens with zero attached hydrogens (tertiary/aromatic N) is 4. The van der Waals surface area contributed by atoms with Gasteiger partial charge in [0.15, 0.2) is 0 Å². The van der Waals surface area contributed by atoms with E-state index in [1.165, 1.54) is 5.01 Å². The van der Waals surface area contributed by atoms with Crippen LogP contribution in [0.4, 0.5) is 0 Å². The summed E-state index contributed by atoms with van der Waals surface area (Å²) < 4.78 is 10.9. The van der Waals surface area contributed by atoms with Gasteiger partial charge in [0.1, 0.15) is 12.3 Å². The van der Waals surface area contributed by atoms with Crippen molar-refractivity contribution in [3.8, 4) is 5.75 Å². The van der Waals surface area contributed by atoms with Crippen molar-refractivity contribution in [2.75, 3.05) is 53.0 Å². The maximum atomic E-state index is 13.9. The minimum Gasteiger partial charge on any atom is -0.497 e. The molecule has 9 heteroatoms. The van der Waals surface area contributed by atoms with Crippen LogP contribution < -0.4 is 4.74 Å². The van der Waals surface area contributed by atoms with Gasteiger partial charge in [0.05, 0.1) is 32.1 Å². The van der Waals surface area contributed by atoms with Gasteiger partial charge in [-0.3, -0.25) is 14.5 Å². The third kappa shape index (κ3) is 6.03. The van der Waals surface area contributed by atoms with Gasteiger partial charge in [-0.05, 0) is 36.6 Å². The highest BCUT2D eigenvalue weighted by molar-refractivity contribution is 6.31. The Morgan fingerprint density at radius 1 is 1.13 bits per heavy atom. The average molecular weight is 539 g/mol. The fourth-order valence-corrected chi connectivity index (χ4v) is 5.47. The third-order valence-corrected chi connectivity index (χ3v) is 8.06. The van der Waals surface area contributed by atoms with E-state index in [0.717, 1.165) is 61.5 Å². The number of halogens is 1. The Balaban J connectivity index is 1.38. The van der Waals surface area contributed by atoms with E-state index in [0.29, 0.717) is 31.2 Å². The zero-order valence-electron chi connectivity index (χ0n) is 21.9. The van der Waals surface area contributed by atoms with Crippen LogP contribution in [0.2, 0.25) is 5.02 Å². The second-order valence-corrected chi connectivity index (χ2v) is 10.5. The predicted octanol–water partition coefficient (Wildman–Crippen LogP) is 3.99. The molecule has 0 N–H and O–H groups in total. The lowest BCUT2D eigenvalue weighted by atomic mass is 9.84. The van der Waals surface area contributed by atoms with Crippen LogP contribution in [0.25, 0.3) is 0 Å². The van der Waals surface area contributed by atoms with Crippen molar-refractivity contribution in [3.05, 3.63) is 64.7 Å². The fourth-order valence-electron chi connectivity index (χ4n) is 5.21. The Morgan fingerprint density at radius 3 is 2.63 bits per heavy atom. The van der Waals surface area contributed by atoms with E-state index in [9.17, 15) is 9.59 Å². The SMILES string of the molecule is COc1cccc(C2=NN(C(=O)CN(CCN3CCOCC3)C(=O)C3CCC3)[C@@H](c3ccccc3Cl)C2)c1. The van der Waals surface area contributed by atoms with Crippen LogP contribution in [0.5, 0.6) is 5.75 Å². The minimum absolute atomic E-state index is 0.00445. The second-order valence-electron chi connectivity index (χ2n) is 10.1. The van der Waals surface area contributed by atoms with Gasteiger partial charge < -0.3 is 14.4 Å². The Kier molecular flexibility index (Phi) is 8.61. The molecule has 3 aliphatic rings. The third-order valence-electron chi connectivity index (χ3n) is 7.72. The first-order valence-electron chi connectivity index (χ1n) is 13.4. The molecule has 2 aliphatic heterocycles. The lowest BCUT2D eigenvalue weighted by molar-refractivity contribution is -0.145. The van der Waals surface area contributed by atoms with E-state index >= 15 is 0 Å². The molecule has 2 aromatic rings. The number of hydrogen-bond acceptors (Lipinski definition) is 6. The average Bonchev–Trinajstić information content (AvgIpc) is 3.36. The highest BCUT2D eigenvalue weighted by Crippen LogP contribution is 2.37. The van der Waals surface area contributed by atoms with Gasteiger partial charge in [0.25, 0.3) is 5.91 Å². The molecule has 2 aromatic carbocycles. The monoisotopic (exact) mass is 538 g/mol. The largest absolute Gasteiger partial charge is 0.497 e. The minimum atomic E-state index is -0.350. The number of methoxy groups -OCH3 is 1. The molecule has 8 nitrogen and oxygen atoms in total. The number of morpholine rings is 1. The number of ether oxygens (including phenoxy) is 2. The molecule has 0 spiro atoms. The van der Waals surface area contributed by atoms with Gasteiger partial charge >= 0.3 is 0 Å². The van der Waals surface area contributed by atoms with Crippen molar-refractivity contribution >= 4 is 29.1 Å². The Morgan fingerprint density at radius 2 is 1.92 bits per heavy atom. The number of amides is 2. The van der Waals surface area contributed by atoms with Gasteiger partial charge in [-0.2, -0.15) is 5.10 Å². The maximum Gasteiger partial charge on any atom is 0.262 e. The summed E-state index contributed by atoms with van der Waals surface area (Å²) in [5, 5.41) is 6.92. The molecule has 5 rings (SSSR count). The van der Waals surface area contributed by atoms with Crippen molar-refractivity contribution in [1.82, 2.24) is 14.8 Å². The van der Waals surface area contributed by atoms with Crippen molar-refractivity contribution < 1.29 is 19.1 Å². The van der Waals surface area contributed by atoms with Crippen LogP contribution in [0.3, 0.4) is 0 Å². The first kappa shape index (κ1) is 26.7. The normalized spacial score (nSPS) is 20.1. The molecule has 38 heavy (non-hydrogen) atoms. The quantitative estimate of drug-likeness (QED) is 0.483. The van der Waals surface area contributed by atoms with Gasteiger partial charge in [-0.25, -0.2) is 5.01 Å². The summed E-state index contributed by atoms with van der Waals surface area (Å²) in [5.41, 5.74) is 2.52. The zero-order valence-corrected chi connectivity index (χ0v) is 22.6. The maximum absolute atomic E-state index is 13.9. The Labute approximate surface area is 229 Å². The molecular formula is C29H35ClN4O4. The van der Waals surface area contributed by atoms with Crippen molar-refractivity contribution in [2.45, 2.75) is 31.7 Å². The van der Waals surface area contributed by atoms with E-state index in [2.05, 4.69) is 4.90 Å². The lowest BCUT2D eigenvalue weighted by Gasteiger charge is -2.34. The first-order valence-corrected chi connectivity index (χ1v) is 13.8. The molecule has 2 heterocycles.